The van der Waals surface area contributed by atoms with Gasteiger partial charge in [-0.1, -0.05) is 29.4 Å². The molecule has 4 aromatic rings. The van der Waals surface area contributed by atoms with E-state index in [4.69, 9.17) is 4.52 Å². The maximum Gasteiger partial charge on any atom is 0.227 e. The minimum atomic E-state index is -0.121. The van der Waals surface area contributed by atoms with Gasteiger partial charge in [-0.25, -0.2) is 0 Å². The van der Waals surface area contributed by atoms with Crippen molar-refractivity contribution >= 4 is 23.7 Å². The van der Waals surface area contributed by atoms with Gasteiger partial charge in [0.15, 0.2) is 0 Å². The second-order valence-electron chi connectivity index (χ2n) is 6.51. The topological polar surface area (TPSA) is 93.8 Å². The molecule has 0 bridgehead atoms. The van der Waals surface area contributed by atoms with Crippen LogP contribution in [0.4, 0.5) is 5.69 Å². The van der Waals surface area contributed by atoms with Gasteiger partial charge >= 0.3 is 0 Å². The molecule has 0 saturated heterocycles. The highest BCUT2D eigenvalue weighted by Gasteiger charge is 2.11. The van der Waals surface area contributed by atoms with Crippen molar-refractivity contribution in [1.82, 2.24) is 20.1 Å². The van der Waals surface area contributed by atoms with Gasteiger partial charge in [-0.3, -0.25) is 14.8 Å². The van der Waals surface area contributed by atoms with Gasteiger partial charge < -0.3 is 9.84 Å². The molecule has 0 saturated carbocycles. The molecule has 0 fully saturated rings. The minimum absolute atomic E-state index is 0.121. The number of nitrogens with zero attached hydrogens (tertiary/aromatic N) is 4. The van der Waals surface area contributed by atoms with E-state index in [0.29, 0.717) is 18.1 Å². The average molecular weight is 397 g/mol. The number of hydrogen-bond donors (Lipinski definition) is 1. The third kappa shape index (κ3) is 5.23. The predicted molar refractivity (Wildman–Crippen MR) is 114 cm³/mol. The van der Waals surface area contributed by atoms with Gasteiger partial charge in [-0.05, 0) is 48.0 Å². The van der Waals surface area contributed by atoms with Gasteiger partial charge in [0, 0.05) is 42.7 Å². The quantitative estimate of drug-likeness (QED) is 0.501. The Morgan fingerprint density at radius 2 is 1.90 bits per heavy atom. The Balaban J connectivity index is 1.32. The maximum absolute atomic E-state index is 12.3. The molecule has 0 radical (unpaired) electrons. The number of anilines is 1. The van der Waals surface area contributed by atoms with Crippen LogP contribution in [0.2, 0.25) is 0 Å². The molecule has 148 valence electrons. The predicted octanol–water partition coefficient (Wildman–Crippen LogP) is 4.27. The zero-order chi connectivity index (χ0) is 20.6. The smallest absolute Gasteiger partial charge is 0.227 e. The maximum atomic E-state index is 12.3. The minimum Gasteiger partial charge on any atom is -0.339 e. The lowest BCUT2D eigenvalue weighted by molar-refractivity contribution is -0.116. The summed E-state index contributed by atoms with van der Waals surface area (Å²) < 4.78 is 5.24. The molecule has 0 atom stereocenters. The first-order chi connectivity index (χ1) is 14.8. The number of hydrogen-bond acceptors (Lipinski definition) is 6. The molecule has 0 aliphatic carbocycles. The molecule has 7 nitrogen and oxygen atoms in total. The normalized spacial score (nSPS) is 10.9. The largest absolute Gasteiger partial charge is 0.339 e. The van der Waals surface area contributed by atoms with Crippen LogP contribution in [-0.2, 0) is 11.2 Å². The summed E-state index contributed by atoms with van der Waals surface area (Å²) >= 11 is 0. The molecule has 30 heavy (non-hydrogen) atoms. The van der Waals surface area contributed by atoms with Crippen molar-refractivity contribution in [2.75, 3.05) is 5.32 Å². The first kappa shape index (κ1) is 19.2. The first-order valence-corrected chi connectivity index (χ1v) is 9.48. The molecule has 1 aromatic carbocycles. The van der Waals surface area contributed by atoms with Gasteiger partial charge in [-0.2, -0.15) is 4.98 Å². The number of rotatable bonds is 7. The molecule has 7 heteroatoms. The van der Waals surface area contributed by atoms with E-state index in [9.17, 15) is 4.79 Å². The fourth-order valence-corrected chi connectivity index (χ4v) is 2.79. The van der Waals surface area contributed by atoms with E-state index in [1.54, 1.807) is 30.7 Å². The highest BCUT2D eigenvalue weighted by molar-refractivity contribution is 5.91. The van der Waals surface area contributed by atoms with Crippen molar-refractivity contribution in [1.29, 1.82) is 0 Å². The molecule has 0 unspecified atom stereocenters. The van der Waals surface area contributed by atoms with Gasteiger partial charge in [0.2, 0.25) is 17.6 Å². The average Bonchev–Trinajstić information content (AvgIpc) is 3.27. The number of nitrogens with one attached hydrogen (secondary N) is 1. The molecule has 0 aliphatic rings. The zero-order valence-electron chi connectivity index (χ0n) is 16.1. The molecule has 0 spiro atoms. The summed E-state index contributed by atoms with van der Waals surface area (Å²) in [6.07, 6.45) is 9.57. The Morgan fingerprint density at radius 3 is 2.73 bits per heavy atom. The van der Waals surface area contributed by atoms with Crippen molar-refractivity contribution in [2.24, 2.45) is 0 Å². The van der Waals surface area contributed by atoms with E-state index in [0.717, 1.165) is 22.5 Å². The summed E-state index contributed by atoms with van der Waals surface area (Å²) in [5, 5.41) is 6.85. The van der Waals surface area contributed by atoms with Crippen LogP contribution < -0.4 is 5.32 Å². The van der Waals surface area contributed by atoms with E-state index in [1.165, 1.54) is 0 Å². The first-order valence-electron chi connectivity index (χ1n) is 9.48. The molecule has 1 amide bonds. The second-order valence-corrected chi connectivity index (χ2v) is 6.51. The van der Waals surface area contributed by atoms with Crippen molar-refractivity contribution in [2.45, 2.75) is 12.8 Å². The van der Waals surface area contributed by atoms with Gasteiger partial charge in [0.1, 0.15) is 0 Å². The summed E-state index contributed by atoms with van der Waals surface area (Å²) in [4.78, 5) is 24.9. The number of aryl methyl sites for hydroxylation is 1. The Kier molecular flexibility index (Phi) is 6.00. The van der Waals surface area contributed by atoms with Crippen LogP contribution in [0.3, 0.4) is 0 Å². The Morgan fingerprint density at radius 1 is 1.00 bits per heavy atom. The fraction of sp³-hybridized carbons (Fsp3) is 0.0870. The van der Waals surface area contributed by atoms with Crippen LogP contribution in [0.25, 0.3) is 23.5 Å². The molecular formula is C23H19N5O2. The van der Waals surface area contributed by atoms with Gasteiger partial charge in [0.05, 0.1) is 5.69 Å². The third-order valence-electron chi connectivity index (χ3n) is 4.28. The van der Waals surface area contributed by atoms with E-state index in [-0.39, 0.29) is 12.3 Å². The zero-order valence-corrected chi connectivity index (χ0v) is 16.1. The second kappa shape index (κ2) is 9.38. The van der Waals surface area contributed by atoms with Crippen molar-refractivity contribution in [3.05, 3.63) is 90.3 Å². The Bertz CT molecular complexity index is 1140. The number of carbonyl (C=O) groups excluding carboxylic acids is 1. The molecule has 0 aliphatic heterocycles. The van der Waals surface area contributed by atoms with E-state index in [1.807, 2.05) is 54.6 Å². The van der Waals surface area contributed by atoms with Crippen LogP contribution in [-0.4, -0.2) is 26.0 Å². The molecule has 3 heterocycles. The van der Waals surface area contributed by atoms with Gasteiger partial charge in [0.25, 0.3) is 0 Å². The lowest BCUT2D eigenvalue weighted by Gasteiger charge is -2.05. The van der Waals surface area contributed by atoms with Gasteiger partial charge in [-0.15, -0.1) is 0 Å². The molecule has 4 rings (SSSR count). The van der Waals surface area contributed by atoms with E-state index < -0.39 is 0 Å². The van der Waals surface area contributed by atoms with Crippen LogP contribution in [0.5, 0.6) is 0 Å². The summed E-state index contributed by atoms with van der Waals surface area (Å²) in [6, 6.07) is 17.0. The number of carbonyl (C=O) groups is 1. The number of amides is 1. The Hall–Kier alpha value is -4.13. The van der Waals surface area contributed by atoms with Crippen LogP contribution >= 0.6 is 0 Å². The van der Waals surface area contributed by atoms with Crippen molar-refractivity contribution in [3.8, 4) is 11.4 Å². The molecular weight excluding hydrogens is 378 g/mol. The Labute approximate surface area is 173 Å². The van der Waals surface area contributed by atoms with Crippen molar-refractivity contribution < 1.29 is 9.32 Å². The SMILES string of the molecule is O=C(CCc1nc(-c2ccncc2)no1)Nc1cccc(/C=C/c2ccccn2)c1. The highest BCUT2D eigenvalue weighted by Crippen LogP contribution is 2.16. The lowest BCUT2D eigenvalue weighted by atomic mass is 10.1. The fourth-order valence-electron chi connectivity index (χ4n) is 2.79. The highest BCUT2D eigenvalue weighted by atomic mass is 16.5. The third-order valence-corrected chi connectivity index (χ3v) is 4.28. The number of benzene rings is 1. The number of aromatic nitrogens is 4. The lowest BCUT2D eigenvalue weighted by Crippen LogP contribution is -2.12. The van der Waals surface area contributed by atoms with E-state index >= 15 is 0 Å². The summed E-state index contributed by atoms with van der Waals surface area (Å²) in [5.41, 5.74) is 3.39. The summed E-state index contributed by atoms with van der Waals surface area (Å²) in [7, 11) is 0. The van der Waals surface area contributed by atoms with Crippen LogP contribution in [0.1, 0.15) is 23.6 Å². The monoisotopic (exact) mass is 397 g/mol. The standard InChI is InChI=1S/C23H19N5O2/c29-21(9-10-22-27-23(28-30-22)18-11-14-24-15-12-18)26-20-6-3-4-17(16-20)7-8-19-5-1-2-13-25-19/h1-8,11-16H,9-10H2,(H,26,29)/b8-7+. The van der Waals surface area contributed by atoms with Crippen LogP contribution in [0.15, 0.2) is 77.7 Å². The molecule has 1 N–H and O–H groups in total. The van der Waals surface area contributed by atoms with Crippen molar-refractivity contribution in [3.63, 3.8) is 0 Å². The molecule has 3 aromatic heterocycles. The summed E-state index contributed by atoms with van der Waals surface area (Å²) in [6.45, 7) is 0. The van der Waals surface area contributed by atoms with Crippen LogP contribution in [0, 0.1) is 0 Å². The number of pyridine rings is 2. The van der Waals surface area contributed by atoms with E-state index in [2.05, 4.69) is 25.4 Å². The summed E-state index contributed by atoms with van der Waals surface area (Å²) in [5.74, 6) is 0.786.